The zero-order valence-electron chi connectivity index (χ0n) is 10.2. The highest BCUT2D eigenvalue weighted by molar-refractivity contribution is 5.04. The number of methoxy groups -OCH3 is 2. The van der Waals surface area contributed by atoms with Gasteiger partial charge in [-0.25, -0.2) is 0 Å². The Labute approximate surface area is 91.5 Å². The minimum atomic E-state index is -0.962. The average Bonchev–Trinajstić information content (AvgIpc) is 2.24. The zero-order valence-corrected chi connectivity index (χ0v) is 10.2. The summed E-state index contributed by atoms with van der Waals surface area (Å²) < 4.78 is 16.2. The van der Waals surface area contributed by atoms with Crippen molar-refractivity contribution in [2.45, 2.75) is 57.2 Å². The molecule has 1 saturated heterocycles. The summed E-state index contributed by atoms with van der Waals surface area (Å²) >= 11 is 0. The molecule has 0 spiro atoms. The van der Waals surface area contributed by atoms with Crippen LogP contribution in [0.1, 0.15) is 33.6 Å². The van der Waals surface area contributed by atoms with Crippen molar-refractivity contribution >= 4 is 0 Å². The minimum absolute atomic E-state index is 0.300. The predicted molar refractivity (Wildman–Crippen MR) is 56.6 cm³/mol. The first-order valence-corrected chi connectivity index (χ1v) is 5.39. The van der Waals surface area contributed by atoms with E-state index in [9.17, 15) is 5.11 Å². The molecule has 4 heteroatoms. The Kier molecular flexibility index (Phi) is 3.76. The van der Waals surface area contributed by atoms with E-state index in [1.807, 2.05) is 20.8 Å². The van der Waals surface area contributed by atoms with Crippen molar-refractivity contribution in [3.63, 3.8) is 0 Å². The fraction of sp³-hybridized carbons (Fsp3) is 1.00. The van der Waals surface area contributed by atoms with Gasteiger partial charge >= 0.3 is 0 Å². The van der Waals surface area contributed by atoms with Crippen molar-refractivity contribution in [2.24, 2.45) is 0 Å². The minimum Gasteiger partial charge on any atom is -0.384 e. The summed E-state index contributed by atoms with van der Waals surface area (Å²) in [5.41, 5.74) is -1.59. The maximum Gasteiger partial charge on any atom is 0.160 e. The molecule has 1 aliphatic heterocycles. The van der Waals surface area contributed by atoms with Gasteiger partial charge in [-0.2, -0.15) is 0 Å². The summed E-state index contributed by atoms with van der Waals surface area (Å²) in [4.78, 5) is 0. The summed E-state index contributed by atoms with van der Waals surface area (Å²) in [5.74, 6) is 0. The van der Waals surface area contributed by atoms with E-state index in [1.54, 1.807) is 14.2 Å². The fourth-order valence-electron chi connectivity index (χ4n) is 2.37. The van der Waals surface area contributed by atoms with Gasteiger partial charge < -0.3 is 19.3 Å². The van der Waals surface area contributed by atoms with Crippen molar-refractivity contribution < 1.29 is 19.3 Å². The van der Waals surface area contributed by atoms with Gasteiger partial charge in [0.1, 0.15) is 11.2 Å². The summed E-state index contributed by atoms with van der Waals surface area (Å²) in [7, 11) is 3.22. The van der Waals surface area contributed by atoms with Crippen LogP contribution >= 0.6 is 0 Å². The van der Waals surface area contributed by atoms with Gasteiger partial charge in [0.25, 0.3) is 0 Å². The van der Waals surface area contributed by atoms with E-state index in [-0.39, 0.29) is 12.4 Å². The standard InChI is InChI=1S/C11H22O4/c1-6-11(12)8(2)15-9(13-4)7-10(11,3)14-5/h8-9,12H,6-7H2,1-5H3/t8-,9+,10+,11?/m0/s1. The van der Waals surface area contributed by atoms with Crippen LogP contribution in [0, 0.1) is 0 Å². The Morgan fingerprint density at radius 2 is 2.07 bits per heavy atom. The first-order chi connectivity index (χ1) is 6.93. The molecule has 0 aliphatic carbocycles. The third-order valence-corrected chi connectivity index (χ3v) is 3.75. The summed E-state index contributed by atoms with van der Waals surface area (Å²) in [6, 6.07) is 0. The fourth-order valence-corrected chi connectivity index (χ4v) is 2.37. The molecule has 0 aromatic heterocycles. The first kappa shape index (κ1) is 12.9. The number of hydrogen-bond acceptors (Lipinski definition) is 4. The molecule has 0 saturated carbocycles. The number of aliphatic hydroxyl groups is 1. The average molecular weight is 218 g/mol. The van der Waals surface area contributed by atoms with Crippen LogP contribution in [-0.4, -0.2) is 42.9 Å². The van der Waals surface area contributed by atoms with E-state index < -0.39 is 11.2 Å². The van der Waals surface area contributed by atoms with Crippen molar-refractivity contribution in [2.75, 3.05) is 14.2 Å². The molecule has 0 bridgehead atoms. The van der Waals surface area contributed by atoms with Gasteiger partial charge in [0, 0.05) is 20.6 Å². The van der Waals surface area contributed by atoms with Gasteiger partial charge in [-0.1, -0.05) is 6.92 Å². The Morgan fingerprint density at radius 3 is 2.47 bits per heavy atom. The molecule has 1 unspecified atom stereocenters. The van der Waals surface area contributed by atoms with Gasteiger partial charge in [0.15, 0.2) is 6.29 Å². The highest BCUT2D eigenvalue weighted by Gasteiger charge is 2.55. The summed E-state index contributed by atoms with van der Waals surface area (Å²) in [6.07, 6.45) is 0.520. The highest BCUT2D eigenvalue weighted by atomic mass is 16.7. The first-order valence-electron chi connectivity index (χ1n) is 5.39. The van der Waals surface area contributed by atoms with Crippen molar-refractivity contribution in [3.8, 4) is 0 Å². The van der Waals surface area contributed by atoms with Crippen LogP contribution in [0.3, 0.4) is 0 Å². The van der Waals surface area contributed by atoms with E-state index in [0.717, 1.165) is 0 Å². The van der Waals surface area contributed by atoms with E-state index in [4.69, 9.17) is 14.2 Å². The second kappa shape index (κ2) is 4.37. The van der Waals surface area contributed by atoms with E-state index in [1.165, 1.54) is 0 Å². The Balaban J connectivity index is 2.96. The molecular weight excluding hydrogens is 196 g/mol. The Morgan fingerprint density at radius 1 is 1.47 bits per heavy atom. The largest absolute Gasteiger partial charge is 0.384 e. The molecule has 0 amide bonds. The second-order valence-electron chi connectivity index (χ2n) is 4.36. The highest BCUT2D eigenvalue weighted by Crippen LogP contribution is 2.42. The van der Waals surface area contributed by atoms with Crippen LogP contribution in [0.2, 0.25) is 0 Å². The molecule has 0 radical (unpaired) electrons. The lowest BCUT2D eigenvalue weighted by molar-refractivity contribution is -0.313. The molecule has 1 fully saturated rings. The molecule has 1 aliphatic rings. The van der Waals surface area contributed by atoms with Crippen LogP contribution in [0.5, 0.6) is 0 Å². The van der Waals surface area contributed by atoms with Crippen LogP contribution in [-0.2, 0) is 14.2 Å². The normalized spacial score (nSPS) is 46.8. The van der Waals surface area contributed by atoms with Crippen molar-refractivity contribution in [3.05, 3.63) is 0 Å². The van der Waals surface area contributed by atoms with Crippen molar-refractivity contribution in [1.82, 2.24) is 0 Å². The molecule has 1 N–H and O–H groups in total. The lowest BCUT2D eigenvalue weighted by Gasteiger charge is -2.52. The quantitative estimate of drug-likeness (QED) is 0.776. The Hall–Kier alpha value is -0.160. The maximum absolute atomic E-state index is 10.6. The molecule has 4 nitrogen and oxygen atoms in total. The topological polar surface area (TPSA) is 47.9 Å². The van der Waals surface area contributed by atoms with E-state index in [2.05, 4.69) is 0 Å². The molecule has 0 aromatic rings. The molecule has 0 aromatic carbocycles. The number of ether oxygens (including phenoxy) is 3. The third-order valence-electron chi connectivity index (χ3n) is 3.75. The molecule has 1 heterocycles. The van der Waals surface area contributed by atoms with Gasteiger partial charge in [-0.05, 0) is 20.3 Å². The van der Waals surface area contributed by atoms with E-state index >= 15 is 0 Å². The van der Waals surface area contributed by atoms with Crippen LogP contribution in [0.15, 0.2) is 0 Å². The Bertz CT molecular complexity index is 221. The SMILES string of the molecule is CCC1(O)[C@H](C)O[C@@H](OC)C[C@@]1(C)OC. The lowest BCUT2D eigenvalue weighted by atomic mass is 9.74. The second-order valence-corrected chi connectivity index (χ2v) is 4.36. The van der Waals surface area contributed by atoms with E-state index in [0.29, 0.717) is 12.8 Å². The molecule has 15 heavy (non-hydrogen) atoms. The van der Waals surface area contributed by atoms with Crippen LogP contribution in [0.4, 0.5) is 0 Å². The smallest absolute Gasteiger partial charge is 0.160 e. The molecule has 90 valence electrons. The van der Waals surface area contributed by atoms with Crippen molar-refractivity contribution in [1.29, 1.82) is 0 Å². The van der Waals surface area contributed by atoms with Gasteiger partial charge in [-0.3, -0.25) is 0 Å². The van der Waals surface area contributed by atoms with Gasteiger partial charge in [0.2, 0.25) is 0 Å². The number of hydrogen-bond donors (Lipinski definition) is 1. The molecule has 4 atom stereocenters. The summed E-state index contributed by atoms with van der Waals surface area (Å²) in [6.45, 7) is 5.69. The number of rotatable bonds is 3. The predicted octanol–water partition coefficient (Wildman–Crippen LogP) is 1.31. The van der Waals surface area contributed by atoms with Gasteiger partial charge in [-0.15, -0.1) is 0 Å². The maximum atomic E-state index is 10.6. The third kappa shape index (κ3) is 1.91. The monoisotopic (exact) mass is 218 g/mol. The van der Waals surface area contributed by atoms with Gasteiger partial charge in [0.05, 0.1) is 6.10 Å². The van der Waals surface area contributed by atoms with Crippen LogP contribution in [0.25, 0.3) is 0 Å². The van der Waals surface area contributed by atoms with Crippen LogP contribution < -0.4 is 0 Å². The molecular formula is C11H22O4. The molecule has 1 rings (SSSR count). The summed E-state index contributed by atoms with van der Waals surface area (Å²) in [5, 5.41) is 10.6. The lowest BCUT2D eigenvalue weighted by Crippen LogP contribution is -2.65. The zero-order chi connectivity index (χ0) is 11.7.